The molecule has 0 aliphatic heterocycles. The van der Waals surface area contributed by atoms with Crippen LogP contribution in [-0.4, -0.2) is 26.4 Å². The summed E-state index contributed by atoms with van der Waals surface area (Å²) in [5.74, 6) is 0. The average Bonchev–Trinajstić information content (AvgIpc) is 2.03. The van der Waals surface area contributed by atoms with Gasteiger partial charge in [-0.25, -0.2) is 0 Å². The van der Waals surface area contributed by atoms with E-state index in [1.807, 2.05) is 6.92 Å². The second kappa shape index (κ2) is 16.1. The van der Waals surface area contributed by atoms with Gasteiger partial charge < -0.3 is 9.47 Å². The highest BCUT2D eigenvalue weighted by Gasteiger charge is 1.97. The largest absolute Gasteiger partial charge is 0.382 e. The Morgan fingerprint density at radius 2 is 1.80 bits per heavy atom. The number of rotatable bonds is 7. The molecule has 0 radical (unpaired) electrons. The Morgan fingerprint density at radius 1 is 1.27 bits per heavy atom. The molecule has 0 saturated heterocycles. The molecule has 0 aromatic heterocycles. The number of ether oxygens (including phenoxy) is 2. The molecule has 0 fully saturated rings. The quantitative estimate of drug-likeness (QED) is 0.470. The van der Waals surface area contributed by atoms with Gasteiger partial charge in [0, 0.05) is 13.7 Å². The topological polar surface area (TPSA) is 18.5 Å². The number of hydrogen-bond acceptors (Lipinski definition) is 2. The van der Waals surface area contributed by atoms with Crippen LogP contribution in [0.4, 0.5) is 0 Å². The van der Waals surface area contributed by atoms with E-state index in [4.69, 9.17) is 9.47 Å². The van der Waals surface area contributed by atoms with Crippen LogP contribution in [0, 0.1) is 0 Å². The van der Waals surface area contributed by atoms with E-state index in [0.717, 1.165) is 25.0 Å². The van der Waals surface area contributed by atoms with Crippen molar-refractivity contribution in [2.45, 2.75) is 55.1 Å². The fourth-order valence-corrected chi connectivity index (χ4v) is 0.837. The molecule has 0 heterocycles. The molecule has 0 N–H and O–H groups in total. The van der Waals surface area contributed by atoms with Crippen molar-refractivity contribution in [1.29, 1.82) is 0 Å². The van der Waals surface area contributed by atoms with Crippen LogP contribution < -0.4 is 0 Å². The third-order valence-corrected chi connectivity index (χ3v) is 1.65. The second-order valence-corrected chi connectivity index (χ2v) is 3.20. The average molecular weight is 220 g/mol. The van der Waals surface area contributed by atoms with E-state index < -0.39 is 0 Å². The molecule has 96 valence electrons. The first-order valence-corrected chi connectivity index (χ1v) is 4.41. The van der Waals surface area contributed by atoms with Gasteiger partial charge in [-0.05, 0) is 26.7 Å². The van der Waals surface area contributed by atoms with E-state index in [2.05, 4.69) is 13.5 Å². The summed E-state index contributed by atoms with van der Waals surface area (Å²) in [7, 11) is 1.74. The molecule has 1 unspecified atom stereocenters. The Labute approximate surface area is 97.7 Å². The molecule has 0 rings (SSSR count). The van der Waals surface area contributed by atoms with Crippen LogP contribution in [0.2, 0.25) is 0 Å². The zero-order valence-corrected chi connectivity index (χ0v) is 8.43. The molecule has 0 saturated carbocycles. The highest BCUT2D eigenvalue weighted by atomic mass is 16.5. The summed E-state index contributed by atoms with van der Waals surface area (Å²) in [5, 5.41) is 0. The van der Waals surface area contributed by atoms with Crippen LogP contribution in [0.25, 0.3) is 0 Å². The van der Waals surface area contributed by atoms with Gasteiger partial charge >= 0.3 is 0 Å². The molecule has 0 bridgehead atoms. The summed E-state index contributed by atoms with van der Waals surface area (Å²) in [4.78, 5) is 0. The van der Waals surface area contributed by atoms with Crippen molar-refractivity contribution in [3.8, 4) is 0 Å². The summed E-state index contributed by atoms with van der Waals surface area (Å²) in [6.45, 7) is 9.28. The van der Waals surface area contributed by atoms with Crippen LogP contribution in [0.3, 0.4) is 0 Å². The zero-order valence-electron chi connectivity index (χ0n) is 8.43. The van der Waals surface area contributed by atoms with Crippen molar-refractivity contribution in [2.24, 2.45) is 0 Å². The first-order valence-electron chi connectivity index (χ1n) is 4.41. The first kappa shape index (κ1) is 24.1. The molecule has 0 aliphatic rings. The van der Waals surface area contributed by atoms with Crippen molar-refractivity contribution < 1.29 is 9.47 Å². The van der Waals surface area contributed by atoms with Gasteiger partial charge in [-0.3, -0.25) is 0 Å². The highest BCUT2D eigenvalue weighted by Crippen LogP contribution is 2.00. The van der Waals surface area contributed by atoms with Crippen LogP contribution >= 0.6 is 0 Å². The van der Waals surface area contributed by atoms with Crippen molar-refractivity contribution in [1.82, 2.24) is 0 Å². The van der Waals surface area contributed by atoms with Gasteiger partial charge in [0.2, 0.25) is 0 Å². The van der Waals surface area contributed by atoms with Crippen molar-refractivity contribution in [3.05, 3.63) is 12.2 Å². The predicted octanol–water partition coefficient (Wildman–Crippen LogP) is 4.30. The van der Waals surface area contributed by atoms with Crippen LogP contribution in [0.15, 0.2) is 12.2 Å². The molecule has 0 aliphatic carbocycles. The lowest BCUT2D eigenvalue weighted by atomic mass is 10.2. The van der Waals surface area contributed by atoms with Crippen molar-refractivity contribution in [3.63, 3.8) is 0 Å². The normalized spacial score (nSPS) is 10.3. The van der Waals surface area contributed by atoms with Gasteiger partial charge in [-0.2, -0.15) is 0 Å². The summed E-state index contributed by atoms with van der Waals surface area (Å²) >= 11 is 0. The molecule has 2 nitrogen and oxygen atoms in total. The number of hydrogen-bond donors (Lipinski definition) is 0. The Hall–Kier alpha value is -0.340. The molecule has 0 spiro atoms. The van der Waals surface area contributed by atoms with Gasteiger partial charge in [0.25, 0.3) is 0 Å². The van der Waals surface area contributed by atoms with Gasteiger partial charge in [-0.15, -0.1) is 0 Å². The van der Waals surface area contributed by atoms with Crippen LogP contribution in [0.5, 0.6) is 0 Å². The standard InChI is InChI=1S/C10H20O2.3CH4/c1-9(2)8-12-7-5-6-10(3)11-4;;;/h10H,1,5-8H2,2-4H3;3*1H4. The van der Waals surface area contributed by atoms with E-state index in [1.54, 1.807) is 7.11 Å². The van der Waals surface area contributed by atoms with E-state index in [1.165, 1.54) is 0 Å². The minimum absolute atomic E-state index is 0. The lowest BCUT2D eigenvalue weighted by Gasteiger charge is -2.08. The van der Waals surface area contributed by atoms with E-state index >= 15 is 0 Å². The van der Waals surface area contributed by atoms with Crippen molar-refractivity contribution in [2.75, 3.05) is 20.3 Å². The van der Waals surface area contributed by atoms with Crippen LogP contribution in [0.1, 0.15) is 49.0 Å². The third kappa shape index (κ3) is 19.9. The lowest BCUT2D eigenvalue weighted by Crippen LogP contribution is -2.06. The van der Waals surface area contributed by atoms with Crippen molar-refractivity contribution >= 4 is 0 Å². The molecule has 1 atom stereocenters. The maximum atomic E-state index is 5.33. The van der Waals surface area contributed by atoms with Gasteiger partial charge in [-0.1, -0.05) is 34.4 Å². The Balaban J connectivity index is -0.000000202. The molecule has 0 aromatic carbocycles. The molecule has 0 amide bonds. The maximum Gasteiger partial charge on any atom is 0.0671 e. The SMILES string of the molecule is C.C.C.C=C(C)COCCCC(C)OC. The summed E-state index contributed by atoms with van der Waals surface area (Å²) in [6, 6.07) is 0. The fraction of sp³-hybridized carbons (Fsp3) is 0.846. The second-order valence-electron chi connectivity index (χ2n) is 3.20. The smallest absolute Gasteiger partial charge is 0.0671 e. The predicted molar refractivity (Wildman–Crippen MR) is 71.5 cm³/mol. The van der Waals surface area contributed by atoms with Crippen LogP contribution in [-0.2, 0) is 9.47 Å². The molecular weight excluding hydrogens is 188 g/mol. The molecule has 2 heteroatoms. The fourth-order valence-electron chi connectivity index (χ4n) is 0.837. The Kier molecular flexibility index (Phi) is 25.8. The number of methoxy groups -OCH3 is 1. The summed E-state index contributed by atoms with van der Waals surface area (Å²) in [6.07, 6.45) is 2.47. The van der Waals surface area contributed by atoms with Gasteiger partial charge in [0.1, 0.15) is 0 Å². The third-order valence-electron chi connectivity index (χ3n) is 1.65. The molecule has 0 aromatic rings. The monoisotopic (exact) mass is 220 g/mol. The summed E-state index contributed by atoms with van der Waals surface area (Å²) in [5.41, 5.74) is 1.08. The summed E-state index contributed by atoms with van der Waals surface area (Å²) < 4.78 is 10.4. The Morgan fingerprint density at radius 3 is 2.20 bits per heavy atom. The van der Waals surface area contributed by atoms with E-state index in [-0.39, 0.29) is 22.3 Å². The Bertz CT molecular complexity index is 122. The minimum Gasteiger partial charge on any atom is -0.382 e. The minimum atomic E-state index is 0. The highest BCUT2D eigenvalue weighted by molar-refractivity contribution is 4.87. The van der Waals surface area contributed by atoms with Gasteiger partial charge in [0.15, 0.2) is 0 Å². The van der Waals surface area contributed by atoms with E-state index in [9.17, 15) is 0 Å². The first-order chi connectivity index (χ1) is 5.66. The zero-order chi connectivity index (χ0) is 9.40. The molecule has 15 heavy (non-hydrogen) atoms. The van der Waals surface area contributed by atoms with E-state index in [0.29, 0.717) is 12.7 Å². The maximum absolute atomic E-state index is 5.33. The lowest BCUT2D eigenvalue weighted by molar-refractivity contribution is 0.0908. The van der Waals surface area contributed by atoms with Gasteiger partial charge in [0.05, 0.1) is 12.7 Å². The molecular formula is C13H32O2.